The van der Waals surface area contributed by atoms with Gasteiger partial charge in [-0.3, -0.25) is 0 Å². The van der Waals surface area contributed by atoms with Crippen molar-refractivity contribution < 1.29 is 13.9 Å². The number of nitrogen functional groups attached to an aromatic ring is 1. The van der Waals surface area contributed by atoms with E-state index < -0.39 is 0 Å². The van der Waals surface area contributed by atoms with Gasteiger partial charge in [-0.05, 0) is 17.7 Å². The molecule has 2 aromatic rings. The van der Waals surface area contributed by atoms with Crippen molar-refractivity contribution >= 4 is 11.4 Å². The zero-order chi connectivity index (χ0) is 14.5. The van der Waals surface area contributed by atoms with Crippen LogP contribution in [-0.4, -0.2) is 14.2 Å². The van der Waals surface area contributed by atoms with Gasteiger partial charge < -0.3 is 20.5 Å². The molecule has 0 aromatic heterocycles. The third-order valence-electron chi connectivity index (χ3n) is 2.93. The number of rotatable bonds is 5. The lowest BCUT2D eigenvalue weighted by molar-refractivity contribution is 0.355. The summed E-state index contributed by atoms with van der Waals surface area (Å²) in [5.41, 5.74) is 8.03. The third-order valence-corrected chi connectivity index (χ3v) is 2.93. The Hall–Kier alpha value is -2.43. The van der Waals surface area contributed by atoms with E-state index >= 15 is 0 Å². The first-order valence-corrected chi connectivity index (χ1v) is 6.14. The predicted octanol–water partition coefficient (Wildman–Crippen LogP) is 3.04. The molecule has 0 heterocycles. The van der Waals surface area contributed by atoms with Crippen molar-refractivity contribution in [1.82, 2.24) is 0 Å². The van der Waals surface area contributed by atoms with Gasteiger partial charge in [-0.25, -0.2) is 4.39 Å². The zero-order valence-corrected chi connectivity index (χ0v) is 11.4. The maximum atomic E-state index is 13.1. The minimum absolute atomic E-state index is 0.260. The van der Waals surface area contributed by atoms with Gasteiger partial charge >= 0.3 is 0 Å². The Morgan fingerprint density at radius 1 is 1.10 bits per heavy atom. The average molecular weight is 276 g/mol. The molecule has 0 unspecified atom stereocenters. The van der Waals surface area contributed by atoms with E-state index in [1.54, 1.807) is 32.4 Å². The van der Waals surface area contributed by atoms with E-state index in [1.807, 2.05) is 6.07 Å². The fraction of sp³-hybridized carbons (Fsp3) is 0.200. The lowest BCUT2D eigenvalue weighted by Crippen LogP contribution is -2.04. The molecule has 0 fully saturated rings. The van der Waals surface area contributed by atoms with Crippen molar-refractivity contribution in [2.24, 2.45) is 0 Å². The molecule has 0 atom stereocenters. The summed E-state index contributed by atoms with van der Waals surface area (Å²) in [6.45, 7) is 0.470. The highest BCUT2D eigenvalue weighted by Crippen LogP contribution is 2.34. The maximum Gasteiger partial charge on any atom is 0.162 e. The Labute approximate surface area is 117 Å². The molecule has 2 rings (SSSR count). The summed E-state index contributed by atoms with van der Waals surface area (Å²) >= 11 is 0. The number of ether oxygens (including phenoxy) is 2. The molecule has 0 radical (unpaired) electrons. The van der Waals surface area contributed by atoms with Crippen LogP contribution < -0.4 is 20.5 Å². The maximum absolute atomic E-state index is 13.1. The molecular weight excluding hydrogens is 259 g/mol. The topological polar surface area (TPSA) is 56.5 Å². The molecule has 20 heavy (non-hydrogen) atoms. The van der Waals surface area contributed by atoms with E-state index in [2.05, 4.69) is 5.32 Å². The van der Waals surface area contributed by atoms with Crippen molar-refractivity contribution in [2.45, 2.75) is 6.54 Å². The van der Waals surface area contributed by atoms with Crippen molar-refractivity contribution in [1.29, 1.82) is 0 Å². The lowest BCUT2D eigenvalue weighted by Gasteiger charge is -2.14. The van der Waals surface area contributed by atoms with Crippen LogP contribution in [-0.2, 0) is 6.54 Å². The van der Waals surface area contributed by atoms with Crippen LogP contribution >= 0.6 is 0 Å². The molecule has 0 aliphatic carbocycles. The third kappa shape index (κ3) is 3.12. The van der Waals surface area contributed by atoms with Crippen LogP contribution in [0.5, 0.6) is 11.5 Å². The van der Waals surface area contributed by atoms with Crippen LogP contribution in [0.1, 0.15) is 5.56 Å². The molecule has 0 saturated heterocycles. The molecule has 5 heteroatoms. The lowest BCUT2D eigenvalue weighted by atomic mass is 10.2. The molecule has 0 amide bonds. The normalized spacial score (nSPS) is 10.2. The van der Waals surface area contributed by atoms with Gasteiger partial charge in [0.25, 0.3) is 0 Å². The number of methoxy groups -OCH3 is 2. The second-order valence-corrected chi connectivity index (χ2v) is 4.28. The van der Waals surface area contributed by atoms with Crippen molar-refractivity contribution in [2.75, 3.05) is 25.3 Å². The summed E-state index contributed by atoms with van der Waals surface area (Å²) in [5, 5.41) is 3.16. The van der Waals surface area contributed by atoms with Gasteiger partial charge in [-0.2, -0.15) is 0 Å². The van der Waals surface area contributed by atoms with E-state index in [-0.39, 0.29) is 5.82 Å². The molecule has 2 aromatic carbocycles. The molecule has 0 spiro atoms. The van der Waals surface area contributed by atoms with E-state index in [4.69, 9.17) is 15.2 Å². The monoisotopic (exact) mass is 276 g/mol. The van der Waals surface area contributed by atoms with Crippen LogP contribution in [0.4, 0.5) is 15.8 Å². The van der Waals surface area contributed by atoms with Gasteiger partial charge in [0.15, 0.2) is 11.5 Å². The first-order valence-electron chi connectivity index (χ1n) is 6.14. The second kappa shape index (κ2) is 6.14. The van der Waals surface area contributed by atoms with Crippen LogP contribution in [0.3, 0.4) is 0 Å². The van der Waals surface area contributed by atoms with Gasteiger partial charge in [0.05, 0.1) is 25.6 Å². The quantitative estimate of drug-likeness (QED) is 0.824. The van der Waals surface area contributed by atoms with E-state index in [0.717, 1.165) is 5.56 Å². The first kappa shape index (κ1) is 14.0. The van der Waals surface area contributed by atoms with Crippen molar-refractivity contribution in [3.05, 3.63) is 47.8 Å². The number of halogens is 1. The number of hydrogen-bond donors (Lipinski definition) is 2. The molecule has 0 saturated carbocycles. The Morgan fingerprint density at radius 3 is 2.45 bits per heavy atom. The van der Waals surface area contributed by atoms with Crippen LogP contribution in [0, 0.1) is 5.82 Å². The standard InChI is InChI=1S/C15H17FN2O2/c1-19-14-7-12(17)13(8-15(14)20-2)18-9-10-4-3-5-11(16)6-10/h3-8,18H,9,17H2,1-2H3. The molecule has 0 bridgehead atoms. The zero-order valence-electron chi connectivity index (χ0n) is 11.4. The minimum Gasteiger partial charge on any atom is -0.493 e. The Kier molecular flexibility index (Phi) is 4.30. The summed E-state index contributed by atoms with van der Waals surface area (Å²) in [4.78, 5) is 0. The molecule has 3 N–H and O–H groups in total. The fourth-order valence-corrected chi connectivity index (χ4v) is 1.89. The van der Waals surface area contributed by atoms with E-state index in [0.29, 0.717) is 29.4 Å². The number of benzene rings is 2. The molecule has 0 aliphatic rings. The van der Waals surface area contributed by atoms with Crippen molar-refractivity contribution in [3.8, 4) is 11.5 Å². The van der Waals surface area contributed by atoms with Crippen LogP contribution in [0.25, 0.3) is 0 Å². The summed E-state index contributed by atoms with van der Waals surface area (Å²) < 4.78 is 23.5. The second-order valence-electron chi connectivity index (χ2n) is 4.28. The fourth-order valence-electron chi connectivity index (χ4n) is 1.89. The highest BCUT2D eigenvalue weighted by atomic mass is 19.1. The summed E-state index contributed by atoms with van der Waals surface area (Å²) in [5.74, 6) is 0.898. The van der Waals surface area contributed by atoms with Gasteiger partial charge in [0.2, 0.25) is 0 Å². The summed E-state index contributed by atoms with van der Waals surface area (Å²) in [6, 6.07) is 9.84. The average Bonchev–Trinajstić information content (AvgIpc) is 2.45. The molecular formula is C15H17FN2O2. The number of nitrogens with two attached hydrogens (primary N) is 1. The Balaban J connectivity index is 2.17. The minimum atomic E-state index is -0.260. The van der Waals surface area contributed by atoms with E-state index in [1.165, 1.54) is 12.1 Å². The number of hydrogen-bond acceptors (Lipinski definition) is 4. The molecule has 0 aliphatic heterocycles. The van der Waals surface area contributed by atoms with Gasteiger partial charge in [-0.15, -0.1) is 0 Å². The number of anilines is 2. The predicted molar refractivity (Wildman–Crippen MR) is 77.7 cm³/mol. The highest BCUT2D eigenvalue weighted by molar-refractivity contribution is 5.72. The summed E-state index contributed by atoms with van der Waals surface area (Å²) in [6.07, 6.45) is 0. The largest absolute Gasteiger partial charge is 0.493 e. The highest BCUT2D eigenvalue weighted by Gasteiger charge is 2.09. The summed E-state index contributed by atoms with van der Waals surface area (Å²) in [7, 11) is 3.11. The van der Waals surface area contributed by atoms with Gasteiger partial charge in [0, 0.05) is 18.7 Å². The van der Waals surface area contributed by atoms with Crippen LogP contribution in [0.15, 0.2) is 36.4 Å². The van der Waals surface area contributed by atoms with Crippen LogP contribution in [0.2, 0.25) is 0 Å². The van der Waals surface area contributed by atoms with E-state index in [9.17, 15) is 4.39 Å². The molecule has 106 valence electrons. The smallest absolute Gasteiger partial charge is 0.162 e. The SMILES string of the molecule is COc1cc(N)c(NCc2cccc(F)c2)cc1OC. The Bertz CT molecular complexity index is 602. The van der Waals surface area contributed by atoms with Gasteiger partial charge in [0.1, 0.15) is 5.82 Å². The first-order chi connectivity index (χ1) is 9.63. The Morgan fingerprint density at radius 2 is 1.80 bits per heavy atom. The number of nitrogens with one attached hydrogen (secondary N) is 1. The molecule has 4 nitrogen and oxygen atoms in total. The van der Waals surface area contributed by atoms with Gasteiger partial charge in [-0.1, -0.05) is 12.1 Å². The van der Waals surface area contributed by atoms with Crippen molar-refractivity contribution in [3.63, 3.8) is 0 Å².